The molecule has 0 amide bonds. The van der Waals surface area contributed by atoms with Gasteiger partial charge in [0.05, 0.1) is 42.2 Å². The quantitative estimate of drug-likeness (QED) is 0.557. The topological polar surface area (TPSA) is 94.0 Å². The Morgan fingerprint density at radius 2 is 1.88 bits per heavy atom. The van der Waals surface area contributed by atoms with Crippen LogP contribution in [0.2, 0.25) is 10.0 Å². The lowest BCUT2D eigenvalue weighted by Gasteiger charge is -2.22. The summed E-state index contributed by atoms with van der Waals surface area (Å²) in [5.74, 6) is 2.21. The summed E-state index contributed by atoms with van der Waals surface area (Å²) in [5, 5.41) is 15.0. The number of ether oxygens (including phenoxy) is 3. The number of hydrogen-bond donors (Lipinski definition) is 3. The van der Waals surface area contributed by atoms with Crippen LogP contribution in [0.5, 0.6) is 11.5 Å². The average Bonchev–Trinajstić information content (AvgIpc) is 3.29. The van der Waals surface area contributed by atoms with Crippen molar-refractivity contribution >= 4 is 34.8 Å². The first-order chi connectivity index (χ1) is 15.6. The van der Waals surface area contributed by atoms with Gasteiger partial charge in [0.15, 0.2) is 0 Å². The maximum absolute atomic E-state index is 6.40. The lowest BCUT2D eigenvalue weighted by Crippen LogP contribution is -2.30. The molecule has 11 heteroatoms. The third kappa shape index (κ3) is 5.06. The molecule has 2 aliphatic heterocycles. The number of aliphatic imine (C=N–C) groups is 1. The number of nitrogens with zero attached hydrogens (tertiary/aromatic N) is 3. The number of guanidine groups is 1. The summed E-state index contributed by atoms with van der Waals surface area (Å²) in [6.45, 7) is 2.57. The molecule has 172 valence electrons. The molecule has 32 heavy (non-hydrogen) atoms. The van der Waals surface area contributed by atoms with Gasteiger partial charge < -0.3 is 30.2 Å². The van der Waals surface area contributed by atoms with Gasteiger partial charge in [0, 0.05) is 24.0 Å². The number of piperidine rings is 1. The maximum atomic E-state index is 6.40. The van der Waals surface area contributed by atoms with Gasteiger partial charge in [0.2, 0.25) is 5.96 Å². The molecule has 0 bridgehead atoms. The van der Waals surface area contributed by atoms with E-state index in [1.165, 1.54) is 14.2 Å². The summed E-state index contributed by atoms with van der Waals surface area (Å²) in [5.41, 5.74) is 1.47. The number of benzene rings is 1. The van der Waals surface area contributed by atoms with E-state index in [4.69, 9.17) is 37.4 Å². The number of anilines is 1. The lowest BCUT2D eigenvalue weighted by atomic mass is 10.1. The molecule has 0 saturated carbocycles. The maximum Gasteiger partial charge on any atom is 0.200 e. The fourth-order valence-electron chi connectivity index (χ4n) is 3.60. The van der Waals surface area contributed by atoms with E-state index >= 15 is 0 Å². The van der Waals surface area contributed by atoms with Crippen LogP contribution in [0.3, 0.4) is 0 Å². The molecule has 3 N–H and O–H groups in total. The molecule has 0 spiro atoms. The van der Waals surface area contributed by atoms with E-state index in [0.29, 0.717) is 51.4 Å². The van der Waals surface area contributed by atoms with Crippen molar-refractivity contribution in [3.05, 3.63) is 46.0 Å². The predicted octanol–water partition coefficient (Wildman–Crippen LogP) is 3.56. The molecule has 9 nitrogen and oxygen atoms in total. The molecule has 0 unspecified atom stereocenters. The highest BCUT2D eigenvalue weighted by Crippen LogP contribution is 2.40. The summed E-state index contributed by atoms with van der Waals surface area (Å²) in [6, 6.07) is 2.08. The minimum Gasteiger partial charge on any atom is -0.495 e. The van der Waals surface area contributed by atoms with Gasteiger partial charge in [0.1, 0.15) is 30.4 Å². The molecule has 0 radical (unpaired) electrons. The number of methoxy groups -OCH3 is 2. The standard InChI is InChI=1S/C21H26Cl2N6O3/c1-30-17-7-18(31-2)20(23)16(19(17)22)12-32-15-9-25-21(26-10-15)28-13-8-27-29(11-13)14-3-5-24-6-4-14/h7-9,11,14,24H,3-6,10,12H2,1-2H3,(H2,25,26,28). The van der Waals surface area contributed by atoms with Crippen LogP contribution in [-0.2, 0) is 11.3 Å². The van der Waals surface area contributed by atoms with Gasteiger partial charge in [-0.15, -0.1) is 0 Å². The van der Waals surface area contributed by atoms with E-state index in [1.54, 1.807) is 12.3 Å². The van der Waals surface area contributed by atoms with Crippen molar-refractivity contribution in [3.8, 4) is 11.5 Å². The molecule has 1 aromatic carbocycles. The Morgan fingerprint density at radius 3 is 2.50 bits per heavy atom. The third-order valence-electron chi connectivity index (χ3n) is 5.38. The summed E-state index contributed by atoms with van der Waals surface area (Å²) in [4.78, 5) is 4.49. The molecule has 1 saturated heterocycles. The second kappa shape index (κ2) is 10.3. The van der Waals surface area contributed by atoms with Crippen molar-refractivity contribution in [2.75, 3.05) is 39.2 Å². The van der Waals surface area contributed by atoms with Crippen LogP contribution in [0.25, 0.3) is 0 Å². The Kier molecular flexibility index (Phi) is 7.29. The van der Waals surface area contributed by atoms with E-state index in [2.05, 4.69) is 26.0 Å². The van der Waals surface area contributed by atoms with E-state index < -0.39 is 0 Å². The Bertz CT molecular complexity index is 989. The molecule has 0 aliphatic carbocycles. The largest absolute Gasteiger partial charge is 0.495 e. The predicted molar refractivity (Wildman–Crippen MR) is 125 cm³/mol. The first-order valence-electron chi connectivity index (χ1n) is 10.3. The molecule has 2 aliphatic rings. The molecular formula is C21H26Cl2N6O3. The Hall–Kier alpha value is -2.62. The van der Waals surface area contributed by atoms with Crippen LogP contribution in [0, 0.1) is 0 Å². The monoisotopic (exact) mass is 480 g/mol. The van der Waals surface area contributed by atoms with E-state index in [0.717, 1.165) is 31.6 Å². The molecule has 2 aromatic rings. The molecule has 0 atom stereocenters. The van der Waals surface area contributed by atoms with Crippen LogP contribution in [0.4, 0.5) is 5.69 Å². The molecule has 4 rings (SSSR count). The minimum absolute atomic E-state index is 0.153. The number of hydrogen-bond acceptors (Lipinski definition) is 8. The van der Waals surface area contributed by atoms with Gasteiger partial charge >= 0.3 is 0 Å². The third-order valence-corrected chi connectivity index (χ3v) is 6.21. The molecule has 3 heterocycles. The van der Waals surface area contributed by atoms with Crippen LogP contribution < -0.4 is 25.4 Å². The van der Waals surface area contributed by atoms with Gasteiger partial charge in [-0.1, -0.05) is 23.2 Å². The average molecular weight is 481 g/mol. The highest BCUT2D eigenvalue weighted by Gasteiger charge is 2.19. The number of halogens is 2. The summed E-state index contributed by atoms with van der Waals surface area (Å²) in [6.07, 6.45) is 7.73. The van der Waals surface area contributed by atoms with Gasteiger partial charge in [-0.3, -0.25) is 4.68 Å². The fourth-order valence-corrected chi connectivity index (χ4v) is 4.21. The van der Waals surface area contributed by atoms with E-state index in [1.807, 2.05) is 17.1 Å². The van der Waals surface area contributed by atoms with Crippen molar-refractivity contribution in [1.82, 2.24) is 20.4 Å². The van der Waals surface area contributed by atoms with Gasteiger partial charge in [-0.25, -0.2) is 4.99 Å². The minimum atomic E-state index is 0.153. The highest BCUT2D eigenvalue weighted by molar-refractivity contribution is 6.37. The van der Waals surface area contributed by atoms with E-state index in [-0.39, 0.29) is 6.61 Å². The number of aromatic nitrogens is 2. The van der Waals surface area contributed by atoms with Crippen LogP contribution in [0.15, 0.2) is 35.4 Å². The lowest BCUT2D eigenvalue weighted by molar-refractivity contribution is 0.193. The Morgan fingerprint density at radius 1 is 1.16 bits per heavy atom. The zero-order valence-electron chi connectivity index (χ0n) is 18.0. The molecule has 1 fully saturated rings. The summed E-state index contributed by atoms with van der Waals surface area (Å²) >= 11 is 12.8. The van der Waals surface area contributed by atoms with Crippen LogP contribution >= 0.6 is 23.2 Å². The van der Waals surface area contributed by atoms with Gasteiger partial charge in [-0.05, 0) is 25.9 Å². The zero-order valence-corrected chi connectivity index (χ0v) is 19.5. The van der Waals surface area contributed by atoms with Crippen LogP contribution in [-0.4, -0.2) is 49.6 Å². The number of nitrogens with one attached hydrogen (secondary N) is 3. The van der Waals surface area contributed by atoms with Crippen LogP contribution in [0.1, 0.15) is 24.4 Å². The normalized spacial score (nSPS) is 16.6. The molecule has 1 aromatic heterocycles. The first-order valence-corrected chi connectivity index (χ1v) is 11.1. The summed E-state index contributed by atoms with van der Waals surface area (Å²) < 4.78 is 18.5. The first kappa shape index (κ1) is 22.6. The summed E-state index contributed by atoms with van der Waals surface area (Å²) in [7, 11) is 3.07. The second-order valence-electron chi connectivity index (χ2n) is 7.41. The Balaban J connectivity index is 1.33. The smallest absolute Gasteiger partial charge is 0.200 e. The van der Waals surface area contributed by atoms with Crippen molar-refractivity contribution < 1.29 is 14.2 Å². The van der Waals surface area contributed by atoms with Crippen molar-refractivity contribution in [1.29, 1.82) is 0 Å². The van der Waals surface area contributed by atoms with Crippen molar-refractivity contribution in [2.24, 2.45) is 4.99 Å². The number of rotatable bonds is 7. The SMILES string of the molecule is COc1cc(OC)c(Cl)c(COC2=CNC(Nc3cnn(C4CCNCC4)c3)=NC2)c1Cl. The zero-order chi connectivity index (χ0) is 22.5. The Labute approximate surface area is 196 Å². The molecular weight excluding hydrogens is 455 g/mol. The second-order valence-corrected chi connectivity index (χ2v) is 8.17. The van der Waals surface area contributed by atoms with Gasteiger partial charge in [0.25, 0.3) is 0 Å². The van der Waals surface area contributed by atoms with Crippen molar-refractivity contribution in [2.45, 2.75) is 25.5 Å². The van der Waals surface area contributed by atoms with Crippen molar-refractivity contribution in [3.63, 3.8) is 0 Å². The van der Waals surface area contributed by atoms with Gasteiger partial charge in [-0.2, -0.15) is 5.10 Å². The fraction of sp³-hybridized carbons (Fsp3) is 0.429. The highest BCUT2D eigenvalue weighted by atomic mass is 35.5. The van der Waals surface area contributed by atoms with E-state index in [9.17, 15) is 0 Å².